The molecule has 5 aliphatic heterocycles. The Kier molecular flexibility index (Phi) is 14.6. The molecule has 342 valence electrons. The van der Waals surface area contributed by atoms with Crippen molar-refractivity contribution in [3.63, 3.8) is 0 Å². The number of amides is 2. The van der Waals surface area contributed by atoms with E-state index in [0.717, 1.165) is 25.7 Å². The summed E-state index contributed by atoms with van der Waals surface area (Å²) in [5.74, 6) is -5.86. The van der Waals surface area contributed by atoms with Crippen molar-refractivity contribution in [2.24, 2.45) is 41.4 Å². The van der Waals surface area contributed by atoms with Crippen LogP contribution in [0.25, 0.3) is 0 Å². The predicted octanol–water partition coefficient (Wildman–Crippen LogP) is 7.05. The van der Waals surface area contributed by atoms with Crippen LogP contribution in [-0.4, -0.2) is 105 Å². The van der Waals surface area contributed by atoms with Crippen LogP contribution in [0, 0.1) is 41.4 Å². The van der Waals surface area contributed by atoms with Gasteiger partial charge in [0.05, 0.1) is 53.7 Å². The van der Waals surface area contributed by atoms with Gasteiger partial charge in [0.25, 0.3) is 0 Å². The maximum Gasteiger partial charge on any atom is 0.315 e. The molecule has 4 saturated heterocycles. The van der Waals surface area contributed by atoms with E-state index in [1.807, 2.05) is 53.7 Å². The molecule has 0 aromatic rings. The lowest BCUT2D eigenvalue weighted by atomic mass is 9.72. The van der Waals surface area contributed by atoms with Crippen molar-refractivity contribution < 1.29 is 53.4 Å². The van der Waals surface area contributed by atoms with Crippen molar-refractivity contribution in [3.05, 3.63) is 12.2 Å². The molecule has 6 aliphatic rings. The minimum absolute atomic E-state index is 0.00741. The van der Waals surface area contributed by atoms with E-state index >= 15 is 0 Å². The molecule has 60 heavy (non-hydrogen) atoms. The van der Waals surface area contributed by atoms with Gasteiger partial charge in [-0.2, -0.15) is 0 Å². The van der Waals surface area contributed by atoms with Crippen molar-refractivity contribution in [1.29, 1.82) is 0 Å². The van der Waals surface area contributed by atoms with Crippen LogP contribution in [0.4, 0.5) is 4.79 Å². The van der Waals surface area contributed by atoms with Gasteiger partial charge in [-0.05, 0) is 109 Å². The molecular formula is C47H78N2O11. The molecule has 13 nitrogen and oxygen atoms in total. The third kappa shape index (κ3) is 9.11. The van der Waals surface area contributed by atoms with E-state index in [1.54, 1.807) is 6.92 Å². The molecule has 1 unspecified atom stereocenters. The summed E-state index contributed by atoms with van der Waals surface area (Å²) in [7, 11) is 0. The SMILES string of the molecule is CCC(C(=O)[C@@H](C)[C@@H](O)[C@H](C)[C@@H]1O[C@@H]([C@@H](CC)C(=O)O)CC[C@@H]1C)[C@H]1O[C@]2(C=C[C@@H](NC(=O)NC3CCC3)[C@]3(CC[C@@](C)([C@H]4CC[C@](O)(CC)[C@H](C)O4)O3)O2)[C@H](C)C[C@@H]1C. The molecular weight excluding hydrogens is 769 g/mol. The predicted molar refractivity (Wildman–Crippen MR) is 226 cm³/mol. The third-order valence-corrected chi connectivity index (χ3v) is 16.2. The molecule has 13 heteroatoms. The number of Topliss-reactive ketones (excluding diaryl/α,β-unsaturated/α-hetero) is 1. The summed E-state index contributed by atoms with van der Waals surface area (Å²) >= 11 is 0. The summed E-state index contributed by atoms with van der Waals surface area (Å²) in [6.45, 7) is 19.7. The van der Waals surface area contributed by atoms with E-state index in [0.29, 0.717) is 57.8 Å². The number of carbonyl (C=O) groups is 3. The number of aliphatic hydroxyl groups is 2. The zero-order valence-electron chi connectivity index (χ0n) is 38.1. The van der Waals surface area contributed by atoms with Gasteiger partial charge in [0, 0.05) is 36.1 Å². The molecule has 2 spiro atoms. The van der Waals surface area contributed by atoms with Gasteiger partial charge in [-0.25, -0.2) is 4.79 Å². The first kappa shape index (κ1) is 47.4. The Labute approximate surface area is 358 Å². The standard InChI is InChI=1S/C47H78N2O11/c1-11-33(42(52)53)35-18-17-26(4)40(57-35)30(8)38(50)29(7)39(51)34(12-2)41-27(5)25-28(6)46(58-41)22-19-36(49-43(54)48-32-15-14-16-32)47(60-46)24-23-44(10,59-47)37-20-21-45(55,13-3)31(9)56-37/h19,22,26-38,40-41,50,55H,11-18,20-21,23-25H2,1-10H3,(H,52,53)(H2,48,49,54)/t26-,27-,28+,29-,30-,31-,33+,34?,35+,36+,37+,38+,40+,41-,44-,45+,46-,47-/m0/s1. The van der Waals surface area contributed by atoms with Crippen molar-refractivity contribution >= 4 is 17.8 Å². The fourth-order valence-electron chi connectivity index (χ4n) is 11.6. The van der Waals surface area contributed by atoms with E-state index in [1.165, 1.54) is 0 Å². The van der Waals surface area contributed by atoms with Gasteiger partial charge in [0.15, 0.2) is 11.6 Å². The second kappa shape index (κ2) is 18.5. The number of hydrogen-bond acceptors (Lipinski definition) is 10. The molecule has 5 fully saturated rings. The van der Waals surface area contributed by atoms with Gasteiger partial charge in [-0.1, -0.05) is 61.5 Å². The first-order valence-electron chi connectivity index (χ1n) is 23.6. The molecule has 5 N–H and O–H groups in total. The first-order chi connectivity index (χ1) is 28.3. The number of carbonyl (C=O) groups excluding carboxylic acids is 2. The number of rotatable bonds is 14. The van der Waals surface area contributed by atoms with E-state index in [4.69, 9.17) is 23.7 Å². The Morgan fingerprint density at radius 2 is 1.55 bits per heavy atom. The van der Waals surface area contributed by atoms with Gasteiger partial charge < -0.3 is 49.6 Å². The van der Waals surface area contributed by atoms with Gasteiger partial charge in [-0.15, -0.1) is 0 Å². The number of ketones is 1. The third-order valence-electron chi connectivity index (χ3n) is 16.2. The largest absolute Gasteiger partial charge is 0.481 e. The maximum atomic E-state index is 14.7. The Morgan fingerprint density at radius 3 is 2.15 bits per heavy atom. The average molecular weight is 847 g/mol. The lowest BCUT2D eigenvalue weighted by Gasteiger charge is -2.55. The van der Waals surface area contributed by atoms with Crippen molar-refractivity contribution in [2.45, 2.75) is 224 Å². The zero-order valence-corrected chi connectivity index (χ0v) is 38.1. The molecule has 0 bridgehead atoms. The number of ether oxygens (including phenoxy) is 5. The average Bonchev–Trinajstić information content (AvgIpc) is 3.54. The van der Waals surface area contributed by atoms with Crippen molar-refractivity contribution in [3.8, 4) is 0 Å². The van der Waals surface area contributed by atoms with Crippen LogP contribution >= 0.6 is 0 Å². The van der Waals surface area contributed by atoms with Gasteiger partial charge >= 0.3 is 12.0 Å². The van der Waals surface area contributed by atoms with Crippen LogP contribution in [0.5, 0.6) is 0 Å². The minimum Gasteiger partial charge on any atom is -0.481 e. The molecule has 0 aromatic heterocycles. The molecule has 1 aliphatic carbocycles. The molecule has 2 amide bonds. The van der Waals surface area contributed by atoms with E-state index in [-0.39, 0.29) is 53.9 Å². The normalized spacial score (nSPS) is 43.4. The summed E-state index contributed by atoms with van der Waals surface area (Å²) in [5.41, 5.74) is -1.68. The fraction of sp³-hybridized carbons (Fsp3) is 0.894. The van der Waals surface area contributed by atoms with Crippen LogP contribution in [0.3, 0.4) is 0 Å². The van der Waals surface area contributed by atoms with Crippen LogP contribution in [0.2, 0.25) is 0 Å². The number of nitrogens with one attached hydrogen (secondary N) is 2. The first-order valence-corrected chi connectivity index (χ1v) is 23.6. The summed E-state index contributed by atoms with van der Waals surface area (Å²) < 4.78 is 34.5. The van der Waals surface area contributed by atoms with Crippen molar-refractivity contribution in [2.75, 3.05) is 0 Å². The van der Waals surface area contributed by atoms with Gasteiger partial charge in [0.2, 0.25) is 0 Å². The zero-order chi connectivity index (χ0) is 43.9. The quantitative estimate of drug-likeness (QED) is 0.113. The molecule has 6 rings (SSSR count). The number of urea groups is 1. The minimum atomic E-state index is -1.30. The van der Waals surface area contributed by atoms with Crippen LogP contribution in [-0.2, 0) is 33.3 Å². The maximum absolute atomic E-state index is 14.7. The van der Waals surface area contributed by atoms with E-state index in [9.17, 15) is 29.7 Å². The summed E-state index contributed by atoms with van der Waals surface area (Å²) in [5, 5.41) is 39.2. The summed E-state index contributed by atoms with van der Waals surface area (Å²) in [6, 6.07) is -0.777. The van der Waals surface area contributed by atoms with Gasteiger partial charge in [-0.3, -0.25) is 9.59 Å². The lowest BCUT2D eigenvalue weighted by molar-refractivity contribution is -0.397. The number of hydrogen-bond donors (Lipinski definition) is 5. The highest BCUT2D eigenvalue weighted by atomic mass is 16.8. The Morgan fingerprint density at radius 1 is 0.850 bits per heavy atom. The Hall–Kier alpha value is -2.13. The van der Waals surface area contributed by atoms with Crippen molar-refractivity contribution in [1.82, 2.24) is 10.6 Å². The topological polar surface area (TPSA) is 182 Å². The number of carboxylic acids is 1. The second-order valence-corrected chi connectivity index (χ2v) is 20.2. The van der Waals surface area contributed by atoms with E-state index in [2.05, 4.69) is 31.4 Å². The summed E-state index contributed by atoms with van der Waals surface area (Å²) in [6.07, 6.45) is 9.75. The monoisotopic (exact) mass is 847 g/mol. The van der Waals surface area contributed by atoms with Crippen LogP contribution < -0.4 is 10.6 Å². The molecule has 5 heterocycles. The Bertz CT molecular complexity index is 1560. The molecule has 18 atom stereocenters. The molecule has 0 aromatic carbocycles. The highest BCUT2D eigenvalue weighted by Gasteiger charge is 2.63. The second-order valence-electron chi connectivity index (χ2n) is 20.2. The highest BCUT2D eigenvalue weighted by Crippen LogP contribution is 2.54. The van der Waals surface area contributed by atoms with Gasteiger partial charge in [0.1, 0.15) is 11.8 Å². The molecule has 1 saturated carbocycles. The lowest BCUT2D eigenvalue weighted by Crippen LogP contribution is -2.66. The smallest absolute Gasteiger partial charge is 0.315 e. The summed E-state index contributed by atoms with van der Waals surface area (Å²) in [4.78, 5) is 40.1. The number of aliphatic carboxylic acids is 1. The highest BCUT2D eigenvalue weighted by molar-refractivity contribution is 5.84. The van der Waals surface area contributed by atoms with Crippen LogP contribution in [0.1, 0.15) is 153 Å². The number of carboxylic acid groups (broad SMARTS) is 1. The molecule has 0 radical (unpaired) electrons. The Balaban J connectivity index is 1.23. The fourth-order valence-corrected chi connectivity index (χ4v) is 11.6. The number of aliphatic hydroxyl groups excluding tert-OH is 1. The van der Waals surface area contributed by atoms with E-state index < -0.39 is 76.8 Å². The van der Waals surface area contributed by atoms with Crippen LogP contribution in [0.15, 0.2) is 12.2 Å².